The number of aryl methyl sites for hydroxylation is 1. The molecule has 12 heavy (non-hydrogen) atoms. The van der Waals surface area contributed by atoms with Gasteiger partial charge in [0, 0.05) is 6.20 Å². The lowest BCUT2D eigenvalue weighted by Crippen LogP contribution is -2.15. The highest BCUT2D eigenvalue weighted by molar-refractivity contribution is 5.92. The van der Waals surface area contributed by atoms with E-state index in [2.05, 4.69) is 4.98 Å². The van der Waals surface area contributed by atoms with E-state index in [1.165, 1.54) is 18.4 Å². The van der Waals surface area contributed by atoms with E-state index >= 15 is 0 Å². The Kier molecular flexibility index (Phi) is 1.64. The molecule has 3 heteroatoms. The highest BCUT2D eigenvalue weighted by atomic mass is 16.1. The van der Waals surface area contributed by atoms with Crippen LogP contribution in [0.4, 0.5) is 0 Å². The predicted octanol–water partition coefficient (Wildman–Crippen LogP) is 0.992. The van der Waals surface area contributed by atoms with Crippen LogP contribution in [0.25, 0.3) is 0 Å². The molecular weight excluding hydrogens is 152 g/mol. The number of fused-ring (bicyclic) bond motifs is 1. The fourth-order valence-corrected chi connectivity index (χ4v) is 1.84. The number of carbonyl (C=O) groups is 1. The van der Waals surface area contributed by atoms with Gasteiger partial charge in [-0.2, -0.15) is 0 Å². The average Bonchev–Trinajstić information content (AvgIpc) is 2.47. The van der Waals surface area contributed by atoms with Gasteiger partial charge in [-0.3, -0.25) is 4.79 Å². The van der Waals surface area contributed by atoms with Crippen LogP contribution in [0, 0.1) is 0 Å². The topological polar surface area (TPSA) is 58.9 Å². The maximum atomic E-state index is 10.9. The Bertz CT molecular complexity index is 314. The lowest BCUT2D eigenvalue weighted by molar-refractivity contribution is 0.0995. The lowest BCUT2D eigenvalue weighted by Gasteiger charge is -2.10. The summed E-state index contributed by atoms with van der Waals surface area (Å²) in [6.07, 6.45) is 6.39. The number of rotatable bonds is 1. The number of aromatic amines is 1. The van der Waals surface area contributed by atoms with Crippen LogP contribution in [0.1, 0.15) is 34.5 Å². The Hall–Kier alpha value is -1.25. The van der Waals surface area contributed by atoms with Crippen LogP contribution in [-0.4, -0.2) is 10.9 Å². The van der Waals surface area contributed by atoms with Crippen molar-refractivity contribution in [2.45, 2.75) is 25.7 Å². The molecule has 0 radical (unpaired) electrons. The average molecular weight is 164 g/mol. The zero-order valence-electron chi connectivity index (χ0n) is 6.89. The number of carbonyl (C=O) groups excluding carboxylic acids is 1. The Balaban J connectivity index is 2.44. The number of hydrogen-bond donors (Lipinski definition) is 2. The third kappa shape index (κ3) is 1.02. The number of primary amides is 1. The summed E-state index contributed by atoms with van der Waals surface area (Å²) < 4.78 is 0. The van der Waals surface area contributed by atoms with Gasteiger partial charge < -0.3 is 10.7 Å². The van der Waals surface area contributed by atoms with E-state index in [9.17, 15) is 4.79 Å². The first-order valence-corrected chi connectivity index (χ1v) is 4.28. The van der Waals surface area contributed by atoms with Crippen molar-refractivity contribution < 1.29 is 4.79 Å². The molecule has 1 heterocycles. The first kappa shape index (κ1) is 7.40. The lowest BCUT2D eigenvalue weighted by atomic mass is 9.94. The molecule has 1 aliphatic rings. The fraction of sp³-hybridized carbons (Fsp3) is 0.444. The predicted molar refractivity (Wildman–Crippen MR) is 46.0 cm³/mol. The maximum absolute atomic E-state index is 10.9. The second kappa shape index (κ2) is 2.66. The molecule has 0 atom stereocenters. The minimum Gasteiger partial charge on any atom is -0.364 e. The van der Waals surface area contributed by atoms with E-state index in [0.29, 0.717) is 5.69 Å². The van der Waals surface area contributed by atoms with Crippen molar-refractivity contribution >= 4 is 5.91 Å². The molecule has 0 saturated carbocycles. The summed E-state index contributed by atoms with van der Waals surface area (Å²) in [7, 11) is 0. The minimum absolute atomic E-state index is 0.335. The number of aromatic nitrogens is 1. The Morgan fingerprint density at radius 2 is 2.17 bits per heavy atom. The van der Waals surface area contributed by atoms with E-state index in [1.807, 2.05) is 6.20 Å². The molecule has 3 N–H and O–H groups in total. The number of nitrogens with two attached hydrogens (primary N) is 1. The van der Waals surface area contributed by atoms with Gasteiger partial charge in [-0.15, -0.1) is 0 Å². The molecule has 1 aromatic rings. The van der Waals surface area contributed by atoms with E-state index in [1.54, 1.807) is 0 Å². The quantitative estimate of drug-likeness (QED) is 0.639. The Morgan fingerprint density at radius 1 is 1.42 bits per heavy atom. The summed E-state index contributed by atoms with van der Waals surface area (Å²) in [6.45, 7) is 0. The molecule has 1 aromatic heterocycles. The van der Waals surface area contributed by atoms with E-state index < -0.39 is 0 Å². The highest BCUT2D eigenvalue weighted by Gasteiger charge is 2.17. The van der Waals surface area contributed by atoms with Crippen LogP contribution in [-0.2, 0) is 12.8 Å². The van der Waals surface area contributed by atoms with E-state index in [-0.39, 0.29) is 5.91 Å². The number of amides is 1. The van der Waals surface area contributed by atoms with Gasteiger partial charge in [-0.25, -0.2) is 0 Å². The van der Waals surface area contributed by atoms with Crippen molar-refractivity contribution in [2.24, 2.45) is 5.73 Å². The first-order valence-electron chi connectivity index (χ1n) is 4.28. The van der Waals surface area contributed by atoms with Gasteiger partial charge >= 0.3 is 0 Å². The Labute approximate surface area is 71.0 Å². The summed E-state index contributed by atoms with van der Waals surface area (Å²) in [6, 6.07) is 0. The largest absolute Gasteiger partial charge is 0.364 e. The zero-order valence-corrected chi connectivity index (χ0v) is 6.89. The number of nitrogens with one attached hydrogen (secondary N) is 1. The molecule has 2 rings (SSSR count). The van der Waals surface area contributed by atoms with Crippen molar-refractivity contribution in [1.82, 2.24) is 4.98 Å². The fourth-order valence-electron chi connectivity index (χ4n) is 1.84. The minimum atomic E-state index is -0.335. The summed E-state index contributed by atoms with van der Waals surface area (Å²) in [5, 5.41) is 0. The van der Waals surface area contributed by atoms with Gasteiger partial charge in [0.2, 0.25) is 0 Å². The van der Waals surface area contributed by atoms with Crippen molar-refractivity contribution in [3.8, 4) is 0 Å². The van der Waals surface area contributed by atoms with Gasteiger partial charge in [0.25, 0.3) is 5.91 Å². The van der Waals surface area contributed by atoms with Crippen LogP contribution in [0.15, 0.2) is 6.20 Å². The molecule has 0 unspecified atom stereocenters. The molecule has 3 nitrogen and oxygen atoms in total. The van der Waals surface area contributed by atoms with Gasteiger partial charge in [0.1, 0.15) is 5.69 Å². The number of H-pyrrole nitrogens is 1. The summed E-state index contributed by atoms with van der Waals surface area (Å²) >= 11 is 0. The highest BCUT2D eigenvalue weighted by Crippen LogP contribution is 2.23. The molecule has 64 valence electrons. The molecule has 0 aromatic carbocycles. The summed E-state index contributed by atoms with van der Waals surface area (Å²) in [5.41, 5.74) is 8.25. The normalized spacial score (nSPS) is 15.7. The first-order chi connectivity index (χ1) is 5.79. The molecule has 0 saturated heterocycles. The third-order valence-corrected chi connectivity index (χ3v) is 2.45. The van der Waals surface area contributed by atoms with Crippen molar-refractivity contribution in [3.63, 3.8) is 0 Å². The van der Waals surface area contributed by atoms with Gasteiger partial charge in [0.05, 0.1) is 0 Å². The SMILES string of the molecule is NC(=O)c1[nH]cc2c1CCCC2. The molecular formula is C9H12N2O. The number of hydrogen-bond acceptors (Lipinski definition) is 1. The van der Waals surface area contributed by atoms with E-state index in [0.717, 1.165) is 18.4 Å². The van der Waals surface area contributed by atoms with Gasteiger partial charge in [-0.05, 0) is 36.8 Å². The van der Waals surface area contributed by atoms with Crippen LogP contribution in [0.2, 0.25) is 0 Å². The summed E-state index contributed by atoms with van der Waals surface area (Å²) in [4.78, 5) is 13.9. The van der Waals surface area contributed by atoms with E-state index in [4.69, 9.17) is 5.73 Å². The van der Waals surface area contributed by atoms with Crippen LogP contribution in [0.3, 0.4) is 0 Å². The van der Waals surface area contributed by atoms with Crippen LogP contribution >= 0.6 is 0 Å². The third-order valence-electron chi connectivity index (χ3n) is 2.45. The van der Waals surface area contributed by atoms with Gasteiger partial charge in [0.15, 0.2) is 0 Å². The molecule has 1 aliphatic carbocycles. The van der Waals surface area contributed by atoms with Crippen LogP contribution < -0.4 is 5.73 Å². The molecule has 0 bridgehead atoms. The second-order valence-electron chi connectivity index (χ2n) is 3.24. The summed E-state index contributed by atoms with van der Waals surface area (Å²) in [5.74, 6) is -0.335. The van der Waals surface area contributed by atoms with Crippen LogP contribution in [0.5, 0.6) is 0 Å². The van der Waals surface area contributed by atoms with Crippen molar-refractivity contribution in [3.05, 3.63) is 23.0 Å². The molecule has 1 amide bonds. The van der Waals surface area contributed by atoms with Gasteiger partial charge in [-0.1, -0.05) is 0 Å². The molecule has 0 fully saturated rings. The van der Waals surface area contributed by atoms with Crippen molar-refractivity contribution in [1.29, 1.82) is 0 Å². The zero-order chi connectivity index (χ0) is 8.55. The monoisotopic (exact) mass is 164 g/mol. The smallest absolute Gasteiger partial charge is 0.265 e. The second-order valence-corrected chi connectivity index (χ2v) is 3.24. The van der Waals surface area contributed by atoms with Crippen molar-refractivity contribution in [2.75, 3.05) is 0 Å². The Morgan fingerprint density at radius 3 is 2.92 bits per heavy atom. The molecule has 0 aliphatic heterocycles. The maximum Gasteiger partial charge on any atom is 0.265 e. The standard InChI is InChI=1S/C9H12N2O/c10-9(12)8-7-4-2-1-3-6(7)5-11-8/h5,11H,1-4H2,(H2,10,12). The molecule has 0 spiro atoms.